The van der Waals surface area contributed by atoms with Crippen molar-refractivity contribution >= 4 is 17.7 Å². The van der Waals surface area contributed by atoms with Gasteiger partial charge in [0.1, 0.15) is 0 Å². The molecule has 0 saturated heterocycles. The number of carbonyl (C=O) groups excluding carboxylic acids is 1. The molecule has 0 fully saturated rings. The Hall–Kier alpha value is -2.53. The van der Waals surface area contributed by atoms with Crippen LogP contribution in [0.4, 0.5) is 0 Å². The smallest absolute Gasteiger partial charge is 0.230 e. The third-order valence-electron chi connectivity index (χ3n) is 3.61. The number of benzene rings is 2. The molecule has 0 aliphatic carbocycles. The summed E-state index contributed by atoms with van der Waals surface area (Å²) in [7, 11) is 0. The number of thioether (sulfide) groups is 1. The number of aromatic nitrogens is 2. The molecule has 3 aromatic rings. The summed E-state index contributed by atoms with van der Waals surface area (Å²) in [5, 5.41) is 7.70. The monoisotopic (exact) mass is 337 g/mol. The van der Waals surface area contributed by atoms with Crippen molar-refractivity contribution < 1.29 is 4.79 Å². The minimum atomic E-state index is 0.0361. The summed E-state index contributed by atoms with van der Waals surface area (Å²) in [5.41, 5.74) is 3.93. The molecule has 3 rings (SSSR count). The zero-order valence-electron chi connectivity index (χ0n) is 13.5. The lowest BCUT2D eigenvalue weighted by molar-refractivity contribution is -0.118. The van der Waals surface area contributed by atoms with E-state index < -0.39 is 0 Å². The van der Waals surface area contributed by atoms with Gasteiger partial charge >= 0.3 is 0 Å². The minimum absolute atomic E-state index is 0.0361. The molecule has 0 aliphatic rings. The van der Waals surface area contributed by atoms with Gasteiger partial charge in [0.05, 0.1) is 17.1 Å². The van der Waals surface area contributed by atoms with Gasteiger partial charge in [0.25, 0.3) is 0 Å². The number of nitrogens with zero attached hydrogens (tertiary/aromatic N) is 2. The number of hydrogen-bond donors (Lipinski definition) is 1. The molecule has 1 N–H and O–H groups in total. The highest BCUT2D eigenvalue weighted by atomic mass is 32.2. The van der Waals surface area contributed by atoms with Crippen LogP contribution in [0.25, 0.3) is 16.9 Å². The fourth-order valence-corrected chi connectivity index (χ4v) is 2.83. The van der Waals surface area contributed by atoms with E-state index in [1.807, 2.05) is 77.8 Å². The molecule has 0 spiro atoms. The second-order valence-electron chi connectivity index (χ2n) is 5.36. The average molecular weight is 337 g/mol. The Labute approximate surface area is 145 Å². The van der Waals surface area contributed by atoms with E-state index in [9.17, 15) is 4.79 Å². The van der Waals surface area contributed by atoms with Crippen LogP contribution >= 0.6 is 11.8 Å². The summed E-state index contributed by atoms with van der Waals surface area (Å²) in [4.78, 5) is 11.8. The van der Waals surface area contributed by atoms with Crippen molar-refractivity contribution in [3.63, 3.8) is 0 Å². The maximum atomic E-state index is 11.8. The Kier molecular flexibility index (Phi) is 5.33. The highest BCUT2D eigenvalue weighted by molar-refractivity contribution is 7.99. The van der Waals surface area contributed by atoms with E-state index in [1.54, 1.807) is 0 Å². The molecule has 0 aliphatic heterocycles. The number of rotatable bonds is 6. The Bertz CT molecular complexity index is 800. The van der Waals surface area contributed by atoms with Crippen LogP contribution in [0.15, 0.2) is 66.9 Å². The van der Waals surface area contributed by atoms with Crippen LogP contribution in [0.2, 0.25) is 0 Å². The van der Waals surface area contributed by atoms with Gasteiger partial charge in [-0.3, -0.25) is 4.79 Å². The van der Waals surface area contributed by atoms with E-state index >= 15 is 0 Å². The van der Waals surface area contributed by atoms with Crippen LogP contribution in [0.5, 0.6) is 0 Å². The maximum Gasteiger partial charge on any atom is 0.230 e. The van der Waals surface area contributed by atoms with Gasteiger partial charge in [0, 0.05) is 23.9 Å². The van der Waals surface area contributed by atoms with Crippen molar-refractivity contribution in [2.24, 2.45) is 0 Å². The lowest BCUT2D eigenvalue weighted by Crippen LogP contribution is -2.24. The molecule has 0 saturated carbocycles. The van der Waals surface area contributed by atoms with Crippen molar-refractivity contribution in [3.8, 4) is 16.9 Å². The van der Waals surface area contributed by atoms with Crippen LogP contribution in [0.3, 0.4) is 0 Å². The average Bonchev–Trinajstić information content (AvgIpc) is 3.06. The van der Waals surface area contributed by atoms with Gasteiger partial charge in [-0.05, 0) is 18.4 Å². The Balaban J connectivity index is 1.93. The molecule has 1 heterocycles. The van der Waals surface area contributed by atoms with Gasteiger partial charge < -0.3 is 5.32 Å². The molecule has 1 aromatic heterocycles. The number of para-hydroxylation sites is 1. The summed E-state index contributed by atoms with van der Waals surface area (Å²) in [5.74, 6) is 0.502. The second kappa shape index (κ2) is 7.84. The summed E-state index contributed by atoms with van der Waals surface area (Å²) in [6.45, 7) is 0.469. The SMILES string of the molecule is CSCC(=O)NCc1cn(-c2ccccc2)nc1-c1ccccc1. The third kappa shape index (κ3) is 3.86. The number of carbonyl (C=O) groups is 1. The van der Waals surface area contributed by atoms with Crippen molar-refractivity contribution in [1.82, 2.24) is 15.1 Å². The van der Waals surface area contributed by atoms with Gasteiger partial charge in [-0.25, -0.2) is 4.68 Å². The van der Waals surface area contributed by atoms with Gasteiger partial charge in [-0.2, -0.15) is 16.9 Å². The minimum Gasteiger partial charge on any atom is -0.351 e. The van der Waals surface area contributed by atoms with Crippen molar-refractivity contribution in [1.29, 1.82) is 0 Å². The number of hydrogen-bond acceptors (Lipinski definition) is 3. The van der Waals surface area contributed by atoms with E-state index in [1.165, 1.54) is 11.8 Å². The van der Waals surface area contributed by atoms with Gasteiger partial charge in [0.15, 0.2) is 0 Å². The van der Waals surface area contributed by atoms with E-state index in [2.05, 4.69) is 5.32 Å². The van der Waals surface area contributed by atoms with Crippen LogP contribution in [0, 0.1) is 0 Å². The maximum absolute atomic E-state index is 11.8. The van der Waals surface area contributed by atoms with Crippen molar-refractivity contribution in [2.75, 3.05) is 12.0 Å². The molecule has 4 nitrogen and oxygen atoms in total. The quantitative estimate of drug-likeness (QED) is 0.749. The summed E-state index contributed by atoms with van der Waals surface area (Å²) in [6.07, 6.45) is 3.90. The molecule has 0 radical (unpaired) electrons. The molecular weight excluding hydrogens is 318 g/mol. The molecule has 5 heteroatoms. The van der Waals surface area contributed by atoms with E-state index in [0.29, 0.717) is 12.3 Å². The van der Waals surface area contributed by atoms with E-state index in [-0.39, 0.29) is 5.91 Å². The zero-order valence-corrected chi connectivity index (χ0v) is 14.3. The van der Waals surface area contributed by atoms with Gasteiger partial charge in [0.2, 0.25) is 5.91 Å². The van der Waals surface area contributed by atoms with Crippen LogP contribution in [-0.4, -0.2) is 27.7 Å². The lowest BCUT2D eigenvalue weighted by Gasteiger charge is -2.04. The number of nitrogens with one attached hydrogen (secondary N) is 1. The largest absolute Gasteiger partial charge is 0.351 e. The Morgan fingerprint density at radius 3 is 2.42 bits per heavy atom. The number of amides is 1. The Morgan fingerprint density at radius 1 is 1.08 bits per heavy atom. The van der Waals surface area contributed by atoms with Crippen molar-refractivity contribution in [3.05, 3.63) is 72.4 Å². The molecule has 2 aromatic carbocycles. The molecular formula is C19H19N3OS. The molecule has 0 atom stereocenters. The zero-order chi connectivity index (χ0) is 16.8. The Morgan fingerprint density at radius 2 is 1.75 bits per heavy atom. The van der Waals surface area contributed by atoms with E-state index in [0.717, 1.165) is 22.5 Å². The first-order valence-corrected chi connectivity index (χ1v) is 9.12. The normalized spacial score (nSPS) is 10.5. The summed E-state index contributed by atoms with van der Waals surface area (Å²) < 4.78 is 1.86. The molecule has 122 valence electrons. The van der Waals surface area contributed by atoms with Gasteiger partial charge in [-0.1, -0.05) is 48.5 Å². The first-order chi connectivity index (χ1) is 11.8. The topological polar surface area (TPSA) is 46.9 Å². The standard InChI is InChI=1S/C19H19N3OS/c1-24-14-18(23)20-12-16-13-22(17-10-6-3-7-11-17)21-19(16)15-8-4-2-5-9-15/h2-11,13H,12,14H2,1H3,(H,20,23). The highest BCUT2D eigenvalue weighted by Crippen LogP contribution is 2.23. The predicted molar refractivity (Wildman–Crippen MR) is 99.2 cm³/mol. The summed E-state index contributed by atoms with van der Waals surface area (Å²) in [6, 6.07) is 20.0. The van der Waals surface area contributed by atoms with Gasteiger partial charge in [-0.15, -0.1) is 0 Å². The first-order valence-electron chi connectivity index (χ1n) is 7.73. The van der Waals surface area contributed by atoms with Crippen LogP contribution in [0.1, 0.15) is 5.56 Å². The van der Waals surface area contributed by atoms with Crippen LogP contribution in [-0.2, 0) is 11.3 Å². The summed E-state index contributed by atoms with van der Waals surface area (Å²) >= 11 is 1.51. The molecule has 0 unspecified atom stereocenters. The molecule has 1 amide bonds. The fourth-order valence-electron chi connectivity index (χ4n) is 2.47. The second-order valence-corrected chi connectivity index (χ2v) is 6.22. The van der Waals surface area contributed by atoms with E-state index in [4.69, 9.17) is 5.10 Å². The predicted octanol–water partition coefficient (Wildman–Crippen LogP) is 3.52. The lowest BCUT2D eigenvalue weighted by atomic mass is 10.1. The molecule has 0 bridgehead atoms. The van der Waals surface area contributed by atoms with Crippen LogP contribution < -0.4 is 5.32 Å². The fraction of sp³-hybridized carbons (Fsp3) is 0.158. The first kappa shape index (κ1) is 16.3. The van der Waals surface area contributed by atoms with Crippen molar-refractivity contribution in [2.45, 2.75) is 6.54 Å². The highest BCUT2D eigenvalue weighted by Gasteiger charge is 2.13. The third-order valence-corrected chi connectivity index (χ3v) is 4.16. The molecule has 24 heavy (non-hydrogen) atoms.